The van der Waals surface area contributed by atoms with E-state index in [9.17, 15) is 4.79 Å². The summed E-state index contributed by atoms with van der Waals surface area (Å²) in [5.74, 6) is -0.394. The molecule has 0 atom stereocenters. The van der Waals surface area contributed by atoms with Crippen molar-refractivity contribution in [1.29, 1.82) is 0 Å². The van der Waals surface area contributed by atoms with Gasteiger partial charge in [0.25, 0.3) is 0 Å². The number of carbonyl (C=O) groups excluding carboxylic acids is 1. The Hall–Kier alpha value is -1.84. The topological polar surface area (TPSA) is 60.9 Å². The van der Waals surface area contributed by atoms with Crippen LogP contribution in [0.1, 0.15) is 54.9 Å². The summed E-state index contributed by atoms with van der Waals surface area (Å²) in [4.78, 5) is 15.7. The van der Waals surface area contributed by atoms with Crippen molar-refractivity contribution in [2.45, 2.75) is 44.6 Å². The molecule has 1 aromatic carbocycles. The maximum atomic E-state index is 11.2. The van der Waals surface area contributed by atoms with Gasteiger partial charge >= 0.3 is 0 Å². The SMILES string of the molecule is NC(=O)c1ccc2c(c1)ncn2C1CCC2(CC1)CC2. The fourth-order valence-electron chi connectivity index (χ4n) is 3.65. The summed E-state index contributed by atoms with van der Waals surface area (Å²) in [6, 6.07) is 6.13. The Morgan fingerprint density at radius 3 is 2.65 bits per heavy atom. The molecule has 0 aliphatic heterocycles. The van der Waals surface area contributed by atoms with Crippen molar-refractivity contribution in [3.05, 3.63) is 30.1 Å². The standard InChI is InChI=1S/C16H19N3O/c17-15(20)11-1-2-14-13(9-11)18-10-19(14)12-3-5-16(6-4-12)7-8-16/h1-2,9-10,12H,3-8H2,(H2,17,20). The molecule has 2 saturated carbocycles. The quantitative estimate of drug-likeness (QED) is 0.911. The van der Waals surface area contributed by atoms with Gasteiger partial charge in [-0.3, -0.25) is 4.79 Å². The molecule has 1 aromatic heterocycles. The number of amides is 1. The first-order valence-corrected chi connectivity index (χ1v) is 7.43. The van der Waals surface area contributed by atoms with E-state index in [1.807, 2.05) is 12.4 Å². The van der Waals surface area contributed by atoms with Crippen LogP contribution in [0.15, 0.2) is 24.5 Å². The Morgan fingerprint density at radius 2 is 2.00 bits per heavy atom. The largest absolute Gasteiger partial charge is 0.366 e. The van der Waals surface area contributed by atoms with Gasteiger partial charge in [-0.2, -0.15) is 0 Å². The number of benzene rings is 1. The van der Waals surface area contributed by atoms with E-state index >= 15 is 0 Å². The van der Waals surface area contributed by atoms with E-state index in [-0.39, 0.29) is 0 Å². The van der Waals surface area contributed by atoms with Crippen molar-refractivity contribution in [3.8, 4) is 0 Å². The Bertz CT molecular complexity index is 674. The number of fused-ring (bicyclic) bond motifs is 1. The molecule has 0 bridgehead atoms. The molecule has 0 saturated heterocycles. The Balaban J connectivity index is 1.65. The fraction of sp³-hybridized carbons (Fsp3) is 0.500. The lowest BCUT2D eigenvalue weighted by Crippen LogP contribution is -2.18. The molecular weight excluding hydrogens is 250 g/mol. The first-order chi connectivity index (χ1) is 9.67. The highest BCUT2D eigenvalue weighted by molar-refractivity contribution is 5.96. The molecule has 2 aliphatic carbocycles. The van der Waals surface area contributed by atoms with Crippen LogP contribution in [0.5, 0.6) is 0 Å². The van der Waals surface area contributed by atoms with Crippen LogP contribution < -0.4 is 5.73 Å². The van der Waals surface area contributed by atoms with E-state index in [1.54, 1.807) is 12.1 Å². The van der Waals surface area contributed by atoms with Crippen molar-refractivity contribution in [1.82, 2.24) is 9.55 Å². The maximum absolute atomic E-state index is 11.2. The molecule has 4 rings (SSSR count). The number of primary amides is 1. The molecule has 4 nitrogen and oxygen atoms in total. The van der Waals surface area contributed by atoms with Gasteiger partial charge in [0.15, 0.2) is 0 Å². The number of nitrogens with zero attached hydrogens (tertiary/aromatic N) is 2. The fourth-order valence-corrected chi connectivity index (χ4v) is 3.65. The molecule has 104 valence electrons. The minimum Gasteiger partial charge on any atom is -0.366 e. The first-order valence-electron chi connectivity index (χ1n) is 7.43. The number of aromatic nitrogens is 2. The van der Waals surface area contributed by atoms with Crippen LogP contribution in [-0.2, 0) is 0 Å². The van der Waals surface area contributed by atoms with E-state index in [0.717, 1.165) is 11.0 Å². The zero-order valence-corrected chi connectivity index (χ0v) is 11.5. The summed E-state index contributed by atoms with van der Waals surface area (Å²) < 4.78 is 2.29. The lowest BCUT2D eigenvalue weighted by atomic mass is 9.83. The van der Waals surface area contributed by atoms with Crippen LogP contribution in [0.2, 0.25) is 0 Å². The third-order valence-electron chi connectivity index (χ3n) is 5.23. The molecule has 0 radical (unpaired) electrons. The second kappa shape index (κ2) is 4.08. The highest BCUT2D eigenvalue weighted by atomic mass is 16.1. The van der Waals surface area contributed by atoms with E-state index in [0.29, 0.717) is 17.0 Å². The van der Waals surface area contributed by atoms with E-state index in [2.05, 4.69) is 9.55 Å². The minimum absolute atomic E-state index is 0.394. The summed E-state index contributed by atoms with van der Waals surface area (Å²) >= 11 is 0. The van der Waals surface area contributed by atoms with Gasteiger partial charge in [0.1, 0.15) is 0 Å². The molecule has 4 heteroatoms. The van der Waals surface area contributed by atoms with E-state index < -0.39 is 5.91 Å². The average molecular weight is 269 g/mol. The zero-order valence-electron chi connectivity index (χ0n) is 11.5. The average Bonchev–Trinajstić information content (AvgIpc) is 3.07. The lowest BCUT2D eigenvalue weighted by Gasteiger charge is -2.29. The number of carbonyl (C=O) groups is 1. The molecule has 1 amide bonds. The smallest absolute Gasteiger partial charge is 0.248 e. The third-order valence-corrected chi connectivity index (χ3v) is 5.23. The van der Waals surface area contributed by atoms with E-state index in [1.165, 1.54) is 38.5 Å². The molecule has 1 heterocycles. The van der Waals surface area contributed by atoms with Crippen LogP contribution in [-0.4, -0.2) is 15.5 Å². The highest BCUT2D eigenvalue weighted by Crippen LogP contribution is 2.57. The van der Waals surface area contributed by atoms with Gasteiger partial charge in [-0.25, -0.2) is 4.98 Å². The number of imidazole rings is 1. The van der Waals surface area contributed by atoms with Crippen LogP contribution in [0.25, 0.3) is 11.0 Å². The van der Waals surface area contributed by atoms with Crippen molar-refractivity contribution in [2.24, 2.45) is 11.1 Å². The van der Waals surface area contributed by atoms with Gasteiger partial charge < -0.3 is 10.3 Å². The highest BCUT2D eigenvalue weighted by Gasteiger charge is 2.45. The van der Waals surface area contributed by atoms with Gasteiger partial charge in [-0.1, -0.05) is 0 Å². The van der Waals surface area contributed by atoms with Crippen LogP contribution in [0.3, 0.4) is 0 Å². The monoisotopic (exact) mass is 269 g/mol. The number of hydrogen-bond donors (Lipinski definition) is 1. The maximum Gasteiger partial charge on any atom is 0.248 e. The van der Waals surface area contributed by atoms with Gasteiger partial charge in [0.2, 0.25) is 5.91 Å². The van der Waals surface area contributed by atoms with Crippen molar-refractivity contribution >= 4 is 16.9 Å². The molecular formula is C16H19N3O. The molecule has 2 N–H and O–H groups in total. The van der Waals surface area contributed by atoms with Crippen LogP contribution >= 0.6 is 0 Å². The number of rotatable bonds is 2. The molecule has 2 aliphatic rings. The minimum atomic E-state index is -0.394. The first kappa shape index (κ1) is 11.9. The van der Waals surface area contributed by atoms with Gasteiger partial charge in [0.05, 0.1) is 17.4 Å². The van der Waals surface area contributed by atoms with Crippen LogP contribution in [0, 0.1) is 5.41 Å². The van der Waals surface area contributed by atoms with Crippen molar-refractivity contribution in [2.75, 3.05) is 0 Å². The van der Waals surface area contributed by atoms with Crippen molar-refractivity contribution in [3.63, 3.8) is 0 Å². The van der Waals surface area contributed by atoms with Gasteiger partial charge in [0, 0.05) is 11.6 Å². The predicted octanol–water partition coefficient (Wildman–Crippen LogP) is 3.03. The van der Waals surface area contributed by atoms with Crippen LogP contribution in [0.4, 0.5) is 0 Å². The Labute approximate surface area is 118 Å². The summed E-state index contributed by atoms with van der Waals surface area (Å²) in [6.07, 6.45) is 10.0. The lowest BCUT2D eigenvalue weighted by molar-refractivity contribution is 0.100. The van der Waals surface area contributed by atoms with Crippen molar-refractivity contribution < 1.29 is 4.79 Å². The molecule has 1 spiro atoms. The number of hydrogen-bond acceptors (Lipinski definition) is 2. The Kier molecular flexibility index (Phi) is 2.43. The number of nitrogens with two attached hydrogens (primary N) is 1. The molecule has 2 fully saturated rings. The molecule has 2 aromatic rings. The second-order valence-corrected chi connectivity index (χ2v) is 6.45. The summed E-state index contributed by atoms with van der Waals surface area (Å²) in [5, 5.41) is 0. The van der Waals surface area contributed by atoms with Gasteiger partial charge in [-0.15, -0.1) is 0 Å². The Morgan fingerprint density at radius 1 is 1.25 bits per heavy atom. The zero-order chi connectivity index (χ0) is 13.7. The third kappa shape index (κ3) is 1.82. The normalized spacial score (nSPS) is 21.4. The summed E-state index contributed by atoms with van der Waals surface area (Å²) in [6.45, 7) is 0. The van der Waals surface area contributed by atoms with E-state index in [4.69, 9.17) is 5.73 Å². The van der Waals surface area contributed by atoms with Gasteiger partial charge in [-0.05, 0) is 62.1 Å². The molecule has 0 unspecified atom stereocenters. The predicted molar refractivity (Wildman–Crippen MR) is 77.4 cm³/mol. The summed E-state index contributed by atoms with van der Waals surface area (Å²) in [5.41, 5.74) is 8.55. The molecule has 20 heavy (non-hydrogen) atoms. The second-order valence-electron chi connectivity index (χ2n) is 6.45. The summed E-state index contributed by atoms with van der Waals surface area (Å²) in [7, 11) is 0.